The fraction of sp³-hybridized carbons (Fsp3) is 0.895. The summed E-state index contributed by atoms with van der Waals surface area (Å²) in [4.78, 5) is 23.1. The van der Waals surface area contributed by atoms with Crippen LogP contribution in [0.3, 0.4) is 0 Å². The molecule has 0 aromatic rings. The number of hydrogen-bond acceptors (Lipinski definition) is 4. The quantitative estimate of drug-likeness (QED) is 0.333. The summed E-state index contributed by atoms with van der Waals surface area (Å²) in [6, 6.07) is 0. The molecule has 1 N–H and O–H groups in total. The minimum absolute atomic E-state index is 0.227. The molecule has 0 aromatic carbocycles. The highest BCUT2D eigenvalue weighted by molar-refractivity contribution is 5.78. The van der Waals surface area contributed by atoms with Crippen molar-refractivity contribution in [3.63, 3.8) is 0 Å². The first-order chi connectivity index (χ1) is 11.1. The zero-order valence-electron chi connectivity index (χ0n) is 15.1. The molecule has 0 heterocycles. The first-order valence-corrected chi connectivity index (χ1v) is 9.48. The molecule has 0 saturated heterocycles. The van der Waals surface area contributed by atoms with E-state index in [9.17, 15) is 14.7 Å². The standard InChI is InChI=1S/C19H36O4/c1-3-5-7-8-9-10-11-15-18(21)19(22)23-16-12-14-17(20)13-6-4-2/h18,21H,3-16H2,1-2H3. The van der Waals surface area contributed by atoms with Gasteiger partial charge in [0.25, 0.3) is 0 Å². The first kappa shape index (κ1) is 22.1. The molecular weight excluding hydrogens is 292 g/mol. The van der Waals surface area contributed by atoms with E-state index in [-0.39, 0.29) is 12.4 Å². The summed E-state index contributed by atoms with van der Waals surface area (Å²) >= 11 is 0. The Balaban J connectivity index is 3.50. The fourth-order valence-electron chi connectivity index (χ4n) is 2.45. The van der Waals surface area contributed by atoms with E-state index >= 15 is 0 Å². The van der Waals surface area contributed by atoms with Crippen molar-refractivity contribution in [3.8, 4) is 0 Å². The van der Waals surface area contributed by atoms with Crippen molar-refractivity contribution < 1.29 is 19.4 Å². The largest absolute Gasteiger partial charge is 0.464 e. The SMILES string of the molecule is CCCCCCCCCC(O)C(=O)OCCCC(=O)CCCC. The number of carbonyl (C=O) groups excluding carboxylic acids is 2. The van der Waals surface area contributed by atoms with E-state index < -0.39 is 12.1 Å². The van der Waals surface area contributed by atoms with Crippen molar-refractivity contribution in [2.24, 2.45) is 0 Å². The van der Waals surface area contributed by atoms with Crippen molar-refractivity contribution in [2.45, 2.75) is 103 Å². The Hall–Kier alpha value is -0.900. The van der Waals surface area contributed by atoms with E-state index in [0.29, 0.717) is 25.7 Å². The summed E-state index contributed by atoms with van der Waals surface area (Å²) in [6.07, 6.45) is 11.2. The first-order valence-electron chi connectivity index (χ1n) is 9.48. The Morgan fingerprint density at radius 3 is 2.04 bits per heavy atom. The Kier molecular flexibility index (Phi) is 15.4. The van der Waals surface area contributed by atoms with Crippen LogP contribution in [0.2, 0.25) is 0 Å². The molecule has 4 heteroatoms. The summed E-state index contributed by atoms with van der Waals surface area (Å²) in [5, 5.41) is 9.74. The van der Waals surface area contributed by atoms with E-state index in [1.807, 2.05) is 0 Å². The van der Waals surface area contributed by atoms with Crippen LogP contribution >= 0.6 is 0 Å². The van der Waals surface area contributed by atoms with Gasteiger partial charge in [-0.1, -0.05) is 65.2 Å². The molecule has 4 nitrogen and oxygen atoms in total. The normalized spacial score (nSPS) is 12.1. The number of aliphatic hydroxyl groups is 1. The number of esters is 1. The van der Waals surface area contributed by atoms with Gasteiger partial charge >= 0.3 is 5.97 Å². The van der Waals surface area contributed by atoms with Crippen molar-refractivity contribution in [1.82, 2.24) is 0 Å². The van der Waals surface area contributed by atoms with Gasteiger partial charge in [-0.05, 0) is 19.3 Å². The maximum Gasteiger partial charge on any atom is 0.334 e. The van der Waals surface area contributed by atoms with Crippen molar-refractivity contribution in [3.05, 3.63) is 0 Å². The third-order valence-electron chi connectivity index (χ3n) is 4.01. The van der Waals surface area contributed by atoms with E-state index in [4.69, 9.17) is 4.74 Å². The molecule has 0 aliphatic heterocycles. The molecule has 1 atom stereocenters. The lowest BCUT2D eigenvalue weighted by molar-refractivity contribution is -0.154. The van der Waals surface area contributed by atoms with Gasteiger partial charge in [-0.3, -0.25) is 4.79 Å². The van der Waals surface area contributed by atoms with E-state index in [1.165, 1.54) is 32.1 Å². The predicted octanol–water partition coefficient (Wildman–Crippen LogP) is 4.57. The van der Waals surface area contributed by atoms with Crippen LogP contribution < -0.4 is 0 Å². The molecule has 0 fully saturated rings. The smallest absolute Gasteiger partial charge is 0.334 e. The van der Waals surface area contributed by atoms with Gasteiger partial charge in [-0.2, -0.15) is 0 Å². The van der Waals surface area contributed by atoms with Gasteiger partial charge in [0.2, 0.25) is 0 Å². The Bertz CT molecular complexity index is 302. The molecule has 0 radical (unpaired) electrons. The van der Waals surface area contributed by atoms with Crippen LogP contribution in [0.1, 0.15) is 97.3 Å². The molecule has 0 aliphatic rings. The second kappa shape index (κ2) is 16.0. The Morgan fingerprint density at radius 1 is 0.826 bits per heavy atom. The number of rotatable bonds is 16. The van der Waals surface area contributed by atoms with Crippen LogP contribution in [0.5, 0.6) is 0 Å². The number of hydrogen-bond donors (Lipinski definition) is 1. The monoisotopic (exact) mass is 328 g/mol. The summed E-state index contributed by atoms with van der Waals surface area (Å²) < 4.78 is 5.03. The van der Waals surface area contributed by atoms with Crippen LogP contribution in [0, 0.1) is 0 Å². The minimum Gasteiger partial charge on any atom is -0.464 e. The molecule has 1 unspecified atom stereocenters. The maximum absolute atomic E-state index is 11.6. The lowest BCUT2D eigenvalue weighted by atomic mass is 10.1. The predicted molar refractivity (Wildman–Crippen MR) is 93.3 cm³/mol. The summed E-state index contributed by atoms with van der Waals surface area (Å²) in [7, 11) is 0. The number of ether oxygens (including phenoxy) is 1. The maximum atomic E-state index is 11.6. The zero-order valence-corrected chi connectivity index (χ0v) is 15.1. The summed E-state index contributed by atoms with van der Waals surface area (Å²) in [5.74, 6) is -0.316. The van der Waals surface area contributed by atoms with Gasteiger partial charge in [-0.15, -0.1) is 0 Å². The highest BCUT2D eigenvalue weighted by Crippen LogP contribution is 2.10. The summed E-state index contributed by atoms with van der Waals surface area (Å²) in [5.41, 5.74) is 0. The fourth-order valence-corrected chi connectivity index (χ4v) is 2.45. The molecule has 0 saturated carbocycles. The number of ketones is 1. The van der Waals surface area contributed by atoms with Gasteiger partial charge < -0.3 is 9.84 Å². The van der Waals surface area contributed by atoms with Gasteiger partial charge in [0, 0.05) is 12.8 Å². The Labute approximate surface area is 142 Å². The molecule has 136 valence electrons. The number of carbonyl (C=O) groups is 2. The van der Waals surface area contributed by atoms with Gasteiger partial charge in [0.15, 0.2) is 6.10 Å². The zero-order chi connectivity index (χ0) is 17.3. The molecule has 0 aliphatic carbocycles. The topological polar surface area (TPSA) is 63.6 Å². The molecular formula is C19H36O4. The molecule has 0 amide bonds. The third-order valence-corrected chi connectivity index (χ3v) is 4.01. The second-order valence-electron chi connectivity index (χ2n) is 6.34. The van der Waals surface area contributed by atoms with Crippen molar-refractivity contribution in [2.75, 3.05) is 6.61 Å². The average molecular weight is 328 g/mol. The lowest BCUT2D eigenvalue weighted by Gasteiger charge is -2.10. The average Bonchev–Trinajstić information content (AvgIpc) is 2.55. The number of aliphatic hydroxyl groups excluding tert-OH is 1. The molecule has 0 aromatic heterocycles. The minimum atomic E-state index is -1.01. The van der Waals surface area contributed by atoms with Crippen LogP contribution in [-0.4, -0.2) is 29.6 Å². The van der Waals surface area contributed by atoms with Crippen LogP contribution in [0.15, 0.2) is 0 Å². The second-order valence-corrected chi connectivity index (χ2v) is 6.34. The molecule has 0 spiro atoms. The lowest BCUT2D eigenvalue weighted by Crippen LogP contribution is -2.23. The summed E-state index contributed by atoms with van der Waals surface area (Å²) in [6.45, 7) is 4.48. The van der Waals surface area contributed by atoms with Crippen molar-refractivity contribution >= 4 is 11.8 Å². The number of Topliss-reactive ketones (excluding diaryl/α,β-unsaturated/α-hetero) is 1. The Morgan fingerprint density at radius 2 is 1.39 bits per heavy atom. The molecule has 0 rings (SSSR count). The van der Waals surface area contributed by atoms with E-state index in [1.54, 1.807) is 0 Å². The van der Waals surface area contributed by atoms with Gasteiger partial charge in [-0.25, -0.2) is 4.79 Å². The van der Waals surface area contributed by atoms with E-state index in [0.717, 1.165) is 25.7 Å². The highest BCUT2D eigenvalue weighted by Gasteiger charge is 2.15. The van der Waals surface area contributed by atoms with Crippen LogP contribution in [0.25, 0.3) is 0 Å². The van der Waals surface area contributed by atoms with Crippen LogP contribution in [0.4, 0.5) is 0 Å². The van der Waals surface area contributed by atoms with E-state index in [2.05, 4.69) is 13.8 Å². The molecule has 0 bridgehead atoms. The molecule has 23 heavy (non-hydrogen) atoms. The third kappa shape index (κ3) is 14.4. The van der Waals surface area contributed by atoms with Crippen molar-refractivity contribution in [1.29, 1.82) is 0 Å². The van der Waals surface area contributed by atoms with Crippen LogP contribution in [-0.2, 0) is 14.3 Å². The van der Waals surface area contributed by atoms with Gasteiger partial charge in [0.05, 0.1) is 6.61 Å². The number of unbranched alkanes of at least 4 members (excludes halogenated alkanes) is 7. The highest BCUT2D eigenvalue weighted by atomic mass is 16.5. The van der Waals surface area contributed by atoms with Gasteiger partial charge in [0.1, 0.15) is 5.78 Å².